The van der Waals surface area contributed by atoms with E-state index in [1.54, 1.807) is 0 Å². The number of hydrogen-bond acceptors (Lipinski definition) is 3. The molecule has 1 atom stereocenters. The molecule has 1 aromatic carbocycles. The first-order valence-electron chi connectivity index (χ1n) is 8.48. The Kier molecular flexibility index (Phi) is 6.87. The zero-order valence-corrected chi connectivity index (χ0v) is 13.6. The molecule has 0 saturated carbocycles. The maximum absolute atomic E-state index is 12.0. The Morgan fingerprint density at radius 2 is 2.00 bits per heavy atom. The molecule has 4 nitrogen and oxygen atoms in total. The normalized spacial score (nSPS) is 18.1. The molecule has 0 radical (unpaired) electrons. The minimum atomic E-state index is -0.454. The molecule has 0 aromatic heterocycles. The Labute approximate surface area is 134 Å². The number of rotatable bonds is 7. The summed E-state index contributed by atoms with van der Waals surface area (Å²) in [5, 5.41) is 3.00. The fourth-order valence-electron chi connectivity index (χ4n) is 3.08. The predicted octanol–water partition coefficient (Wildman–Crippen LogP) is 1.79. The first-order chi connectivity index (χ1) is 10.7. The highest BCUT2D eigenvalue weighted by molar-refractivity contribution is 5.81. The van der Waals surface area contributed by atoms with Gasteiger partial charge < -0.3 is 16.0 Å². The van der Waals surface area contributed by atoms with E-state index < -0.39 is 6.04 Å². The number of amides is 1. The second-order valence-corrected chi connectivity index (χ2v) is 6.25. The van der Waals surface area contributed by atoms with Gasteiger partial charge in [-0.25, -0.2) is 0 Å². The van der Waals surface area contributed by atoms with Crippen molar-refractivity contribution < 1.29 is 4.79 Å². The van der Waals surface area contributed by atoms with E-state index >= 15 is 0 Å². The summed E-state index contributed by atoms with van der Waals surface area (Å²) in [6.07, 6.45) is 4.17. The fourth-order valence-corrected chi connectivity index (χ4v) is 3.08. The van der Waals surface area contributed by atoms with Crippen LogP contribution in [0.4, 0.5) is 0 Å². The van der Waals surface area contributed by atoms with Gasteiger partial charge in [-0.1, -0.05) is 37.3 Å². The molecular formula is C18H29N3O. The second-order valence-electron chi connectivity index (χ2n) is 6.25. The van der Waals surface area contributed by atoms with Crippen molar-refractivity contribution in [2.45, 2.75) is 38.6 Å². The van der Waals surface area contributed by atoms with E-state index in [0.717, 1.165) is 31.0 Å². The summed E-state index contributed by atoms with van der Waals surface area (Å²) in [4.78, 5) is 14.5. The molecule has 0 bridgehead atoms. The number of carbonyl (C=O) groups is 1. The monoisotopic (exact) mass is 303 g/mol. The van der Waals surface area contributed by atoms with Crippen molar-refractivity contribution in [1.82, 2.24) is 10.2 Å². The van der Waals surface area contributed by atoms with Crippen LogP contribution in [0.15, 0.2) is 30.3 Å². The van der Waals surface area contributed by atoms with E-state index in [1.807, 2.05) is 30.3 Å². The Morgan fingerprint density at radius 1 is 1.32 bits per heavy atom. The molecule has 1 saturated heterocycles. The fraction of sp³-hybridized carbons (Fsp3) is 0.611. The number of nitrogens with one attached hydrogen (secondary N) is 1. The van der Waals surface area contributed by atoms with Gasteiger partial charge in [0.25, 0.3) is 0 Å². The summed E-state index contributed by atoms with van der Waals surface area (Å²) in [7, 11) is 0. The van der Waals surface area contributed by atoms with Crippen molar-refractivity contribution in [3.63, 3.8) is 0 Å². The van der Waals surface area contributed by atoms with Crippen LogP contribution in [0.3, 0.4) is 0 Å². The van der Waals surface area contributed by atoms with Crippen molar-refractivity contribution >= 4 is 5.91 Å². The van der Waals surface area contributed by atoms with Crippen LogP contribution in [0.5, 0.6) is 0 Å². The van der Waals surface area contributed by atoms with Crippen LogP contribution in [0, 0.1) is 5.92 Å². The number of hydrogen-bond donors (Lipinski definition) is 2. The number of carbonyl (C=O) groups excluding carboxylic acids is 1. The number of likely N-dealkylation sites (tertiary alicyclic amines) is 1. The highest BCUT2D eigenvalue weighted by atomic mass is 16.2. The second kappa shape index (κ2) is 8.91. The molecule has 1 amide bonds. The molecule has 1 heterocycles. The number of benzene rings is 1. The number of piperidine rings is 1. The van der Waals surface area contributed by atoms with Crippen molar-refractivity contribution in [2.75, 3.05) is 26.2 Å². The average molecular weight is 303 g/mol. The Bertz CT molecular complexity index is 441. The molecule has 1 aromatic rings. The largest absolute Gasteiger partial charge is 0.355 e. The topological polar surface area (TPSA) is 58.4 Å². The molecule has 1 unspecified atom stereocenters. The van der Waals surface area contributed by atoms with Gasteiger partial charge in [-0.15, -0.1) is 0 Å². The Morgan fingerprint density at radius 3 is 2.64 bits per heavy atom. The minimum Gasteiger partial charge on any atom is -0.355 e. The van der Waals surface area contributed by atoms with E-state index in [2.05, 4.69) is 17.1 Å². The van der Waals surface area contributed by atoms with E-state index in [9.17, 15) is 4.79 Å². The van der Waals surface area contributed by atoms with Crippen LogP contribution in [-0.4, -0.2) is 43.0 Å². The zero-order valence-electron chi connectivity index (χ0n) is 13.6. The number of nitrogens with zero attached hydrogens (tertiary/aromatic N) is 1. The Hall–Kier alpha value is -1.39. The highest BCUT2D eigenvalue weighted by Crippen LogP contribution is 2.19. The first kappa shape index (κ1) is 17.0. The van der Waals surface area contributed by atoms with E-state index in [1.165, 1.54) is 25.9 Å². The van der Waals surface area contributed by atoms with Crippen LogP contribution in [0.25, 0.3) is 0 Å². The predicted molar refractivity (Wildman–Crippen MR) is 90.6 cm³/mol. The van der Waals surface area contributed by atoms with Gasteiger partial charge in [0.15, 0.2) is 0 Å². The standard InChI is InChI=1S/C18H29N3O/c1-2-21-12-9-15(10-13-21)8-11-20-18(22)17(19)14-16-6-4-3-5-7-16/h3-7,15,17H,2,8-14,19H2,1H3,(H,20,22). The molecule has 22 heavy (non-hydrogen) atoms. The Balaban J connectivity index is 1.63. The molecule has 0 spiro atoms. The third-order valence-electron chi connectivity index (χ3n) is 4.64. The number of nitrogens with two attached hydrogens (primary N) is 1. The summed E-state index contributed by atoms with van der Waals surface area (Å²) in [6, 6.07) is 9.48. The molecule has 2 rings (SSSR count). The minimum absolute atomic E-state index is 0.0325. The lowest BCUT2D eigenvalue weighted by Crippen LogP contribution is -2.43. The average Bonchev–Trinajstić information content (AvgIpc) is 2.56. The van der Waals surface area contributed by atoms with Crippen molar-refractivity contribution in [3.05, 3.63) is 35.9 Å². The van der Waals surface area contributed by atoms with Crippen LogP contribution >= 0.6 is 0 Å². The lowest BCUT2D eigenvalue weighted by atomic mass is 9.93. The van der Waals surface area contributed by atoms with Gasteiger partial charge in [0.2, 0.25) is 5.91 Å². The van der Waals surface area contributed by atoms with Crippen LogP contribution in [0.1, 0.15) is 31.7 Å². The zero-order chi connectivity index (χ0) is 15.8. The third kappa shape index (κ3) is 5.43. The summed E-state index contributed by atoms with van der Waals surface area (Å²) in [5.74, 6) is 0.711. The van der Waals surface area contributed by atoms with E-state index in [4.69, 9.17) is 5.73 Å². The molecule has 1 aliphatic rings. The van der Waals surface area contributed by atoms with Gasteiger partial charge in [0.1, 0.15) is 0 Å². The molecule has 0 aliphatic carbocycles. The summed E-state index contributed by atoms with van der Waals surface area (Å²) >= 11 is 0. The quantitative estimate of drug-likeness (QED) is 0.807. The lowest BCUT2D eigenvalue weighted by Gasteiger charge is -2.31. The van der Waals surface area contributed by atoms with E-state index in [0.29, 0.717) is 6.42 Å². The van der Waals surface area contributed by atoms with Crippen LogP contribution < -0.4 is 11.1 Å². The molecule has 122 valence electrons. The van der Waals surface area contributed by atoms with Gasteiger partial charge >= 0.3 is 0 Å². The first-order valence-corrected chi connectivity index (χ1v) is 8.48. The smallest absolute Gasteiger partial charge is 0.237 e. The third-order valence-corrected chi connectivity index (χ3v) is 4.64. The van der Waals surface area contributed by atoms with Gasteiger partial charge in [0.05, 0.1) is 6.04 Å². The van der Waals surface area contributed by atoms with Gasteiger partial charge in [-0.3, -0.25) is 4.79 Å². The van der Waals surface area contributed by atoms with Gasteiger partial charge in [0, 0.05) is 6.54 Å². The maximum atomic E-state index is 12.0. The van der Waals surface area contributed by atoms with E-state index in [-0.39, 0.29) is 5.91 Å². The summed E-state index contributed by atoms with van der Waals surface area (Å²) in [6.45, 7) is 6.51. The van der Waals surface area contributed by atoms with Gasteiger partial charge in [-0.2, -0.15) is 0 Å². The van der Waals surface area contributed by atoms with Gasteiger partial charge in [-0.05, 0) is 56.8 Å². The molecular weight excluding hydrogens is 274 g/mol. The SMILES string of the molecule is CCN1CCC(CCNC(=O)C(N)Cc2ccccc2)CC1. The lowest BCUT2D eigenvalue weighted by molar-refractivity contribution is -0.122. The summed E-state index contributed by atoms with van der Waals surface area (Å²) < 4.78 is 0. The maximum Gasteiger partial charge on any atom is 0.237 e. The van der Waals surface area contributed by atoms with Crippen molar-refractivity contribution in [1.29, 1.82) is 0 Å². The molecule has 4 heteroatoms. The van der Waals surface area contributed by atoms with Crippen molar-refractivity contribution in [3.8, 4) is 0 Å². The van der Waals surface area contributed by atoms with Crippen LogP contribution in [0.2, 0.25) is 0 Å². The van der Waals surface area contributed by atoms with Crippen LogP contribution in [-0.2, 0) is 11.2 Å². The summed E-state index contributed by atoms with van der Waals surface area (Å²) in [5.41, 5.74) is 7.09. The molecule has 1 aliphatic heterocycles. The molecule has 3 N–H and O–H groups in total. The highest BCUT2D eigenvalue weighted by Gasteiger charge is 2.19. The molecule has 1 fully saturated rings. The van der Waals surface area contributed by atoms with Crippen molar-refractivity contribution in [2.24, 2.45) is 11.7 Å².